The number of nitrogens with zero attached hydrogens (tertiary/aromatic N) is 5. The molecule has 0 unspecified atom stereocenters. The van der Waals surface area contributed by atoms with E-state index in [0.717, 1.165) is 25.3 Å². The quantitative estimate of drug-likeness (QED) is 0.788. The van der Waals surface area contributed by atoms with Gasteiger partial charge in [-0.05, 0) is 18.9 Å². The fourth-order valence-electron chi connectivity index (χ4n) is 3.33. The Kier molecular flexibility index (Phi) is 5.01. The van der Waals surface area contributed by atoms with Crippen molar-refractivity contribution in [3.8, 4) is 0 Å². The van der Waals surface area contributed by atoms with Crippen molar-refractivity contribution in [3.63, 3.8) is 0 Å². The predicted octanol–water partition coefficient (Wildman–Crippen LogP) is 3.58. The lowest BCUT2D eigenvalue weighted by Crippen LogP contribution is -2.36. The van der Waals surface area contributed by atoms with Crippen molar-refractivity contribution in [2.75, 3.05) is 6.54 Å². The van der Waals surface area contributed by atoms with Crippen molar-refractivity contribution in [1.29, 1.82) is 0 Å². The lowest BCUT2D eigenvalue weighted by molar-refractivity contribution is -0.141. The van der Waals surface area contributed by atoms with E-state index in [1.54, 1.807) is 11.9 Å². The van der Waals surface area contributed by atoms with Gasteiger partial charge in [-0.3, -0.25) is 14.2 Å². The van der Waals surface area contributed by atoms with Crippen molar-refractivity contribution >= 4 is 17.5 Å². The zero-order chi connectivity index (χ0) is 19.1. The van der Waals surface area contributed by atoms with Crippen LogP contribution in [0, 0.1) is 0 Å². The van der Waals surface area contributed by atoms with Gasteiger partial charge in [0.15, 0.2) is 11.4 Å². The highest BCUT2D eigenvalue weighted by Gasteiger charge is 2.38. The molecule has 1 saturated heterocycles. The summed E-state index contributed by atoms with van der Waals surface area (Å²) in [6, 6.07) is 0.521. The van der Waals surface area contributed by atoms with Crippen LogP contribution in [0.5, 0.6) is 0 Å². The summed E-state index contributed by atoms with van der Waals surface area (Å²) in [6.45, 7) is 0.433. The number of rotatable bonds is 2. The minimum absolute atomic E-state index is 0.110. The molecule has 26 heavy (non-hydrogen) atoms. The summed E-state index contributed by atoms with van der Waals surface area (Å²) in [5, 5.41) is 7.91. The molecule has 0 radical (unpaired) electrons. The molecular weight excluding hydrogens is 371 g/mol. The van der Waals surface area contributed by atoms with Gasteiger partial charge in [0, 0.05) is 26.8 Å². The molecule has 2 aromatic heterocycles. The van der Waals surface area contributed by atoms with E-state index in [9.17, 15) is 18.0 Å². The summed E-state index contributed by atoms with van der Waals surface area (Å²) in [6.07, 6.45) is 0.0498. The third kappa shape index (κ3) is 3.58. The van der Waals surface area contributed by atoms with E-state index in [-0.39, 0.29) is 16.6 Å². The van der Waals surface area contributed by atoms with E-state index < -0.39 is 17.9 Å². The molecule has 6 nitrogen and oxygen atoms in total. The van der Waals surface area contributed by atoms with Crippen molar-refractivity contribution in [1.82, 2.24) is 24.5 Å². The minimum Gasteiger partial charge on any atom is -0.329 e. The first-order chi connectivity index (χ1) is 12.2. The lowest BCUT2D eigenvalue weighted by atomic mass is 10.1. The molecule has 1 aliphatic rings. The highest BCUT2D eigenvalue weighted by atomic mass is 35.5. The van der Waals surface area contributed by atoms with E-state index in [2.05, 4.69) is 10.2 Å². The number of hydrogen-bond donors (Lipinski definition) is 0. The molecule has 0 N–H and O–H groups in total. The Morgan fingerprint density at radius 2 is 1.96 bits per heavy atom. The first kappa shape index (κ1) is 18.8. The topological polar surface area (TPSA) is 56.0 Å². The average Bonchev–Trinajstić information content (AvgIpc) is 2.99. The molecule has 1 fully saturated rings. The van der Waals surface area contributed by atoms with E-state index >= 15 is 0 Å². The van der Waals surface area contributed by atoms with Gasteiger partial charge >= 0.3 is 6.18 Å². The number of aromatic nitrogens is 4. The molecule has 0 saturated carbocycles. The maximum atomic E-state index is 13.0. The number of carbonyl (C=O) groups is 1. The summed E-state index contributed by atoms with van der Waals surface area (Å²) < 4.78 is 41.7. The van der Waals surface area contributed by atoms with Gasteiger partial charge in [-0.25, -0.2) is 0 Å². The van der Waals surface area contributed by atoms with Gasteiger partial charge in [0.1, 0.15) is 0 Å². The van der Waals surface area contributed by atoms with Crippen LogP contribution in [-0.2, 0) is 20.3 Å². The van der Waals surface area contributed by atoms with Crippen molar-refractivity contribution in [2.24, 2.45) is 14.1 Å². The van der Waals surface area contributed by atoms with Crippen LogP contribution in [0.2, 0.25) is 5.02 Å². The second-order valence-corrected chi connectivity index (χ2v) is 6.85. The van der Waals surface area contributed by atoms with Crippen LogP contribution in [0.15, 0.2) is 12.3 Å². The molecule has 0 bridgehead atoms. The Bertz CT molecular complexity index is 813. The number of halogens is 4. The van der Waals surface area contributed by atoms with Crippen LogP contribution in [0.3, 0.4) is 0 Å². The van der Waals surface area contributed by atoms with E-state index in [1.165, 1.54) is 22.6 Å². The molecule has 1 aliphatic heterocycles. The SMILES string of the molecule is Cn1cc(Cl)c(C(=O)N2CCCCC[C@@H]2c2cc(C(F)(F)F)nn2C)n1. The molecule has 1 amide bonds. The fourth-order valence-corrected chi connectivity index (χ4v) is 3.59. The van der Waals surface area contributed by atoms with Crippen LogP contribution in [0.25, 0.3) is 0 Å². The van der Waals surface area contributed by atoms with Gasteiger partial charge < -0.3 is 4.90 Å². The van der Waals surface area contributed by atoms with Crippen LogP contribution in [0.1, 0.15) is 53.6 Å². The maximum absolute atomic E-state index is 13.0. The summed E-state index contributed by atoms with van der Waals surface area (Å²) in [4.78, 5) is 14.6. The van der Waals surface area contributed by atoms with E-state index in [1.807, 2.05) is 0 Å². The Labute approximate surface area is 153 Å². The van der Waals surface area contributed by atoms with Crippen LogP contribution >= 0.6 is 11.6 Å². The maximum Gasteiger partial charge on any atom is 0.435 e. The van der Waals surface area contributed by atoms with Gasteiger partial charge in [0.2, 0.25) is 0 Å². The minimum atomic E-state index is -4.53. The molecule has 10 heteroatoms. The normalized spacial score (nSPS) is 18.8. The highest BCUT2D eigenvalue weighted by Crippen LogP contribution is 2.35. The first-order valence-corrected chi connectivity index (χ1v) is 8.67. The molecule has 0 aliphatic carbocycles. The smallest absolute Gasteiger partial charge is 0.329 e. The van der Waals surface area contributed by atoms with Gasteiger partial charge in [0.05, 0.1) is 16.8 Å². The van der Waals surface area contributed by atoms with Crippen LogP contribution in [0.4, 0.5) is 13.2 Å². The van der Waals surface area contributed by atoms with Gasteiger partial charge in [0.25, 0.3) is 5.91 Å². The number of likely N-dealkylation sites (tertiary alicyclic amines) is 1. The Morgan fingerprint density at radius 3 is 2.54 bits per heavy atom. The third-order valence-corrected chi connectivity index (χ3v) is 4.82. The third-order valence-electron chi connectivity index (χ3n) is 4.55. The Balaban J connectivity index is 1.99. The van der Waals surface area contributed by atoms with E-state index in [0.29, 0.717) is 18.7 Å². The second kappa shape index (κ2) is 6.94. The molecule has 2 aromatic rings. The zero-order valence-corrected chi connectivity index (χ0v) is 15.2. The Morgan fingerprint density at radius 1 is 1.23 bits per heavy atom. The van der Waals surface area contributed by atoms with Crippen molar-refractivity contribution in [3.05, 3.63) is 34.4 Å². The average molecular weight is 390 g/mol. The van der Waals surface area contributed by atoms with Gasteiger partial charge in [-0.2, -0.15) is 23.4 Å². The van der Waals surface area contributed by atoms with E-state index in [4.69, 9.17) is 11.6 Å². The lowest BCUT2D eigenvalue weighted by Gasteiger charge is -2.29. The second-order valence-electron chi connectivity index (χ2n) is 6.44. The van der Waals surface area contributed by atoms with Crippen molar-refractivity contribution < 1.29 is 18.0 Å². The van der Waals surface area contributed by atoms with Crippen LogP contribution < -0.4 is 0 Å². The van der Waals surface area contributed by atoms with Gasteiger partial charge in [-0.15, -0.1) is 0 Å². The number of aryl methyl sites for hydroxylation is 2. The zero-order valence-electron chi connectivity index (χ0n) is 14.4. The van der Waals surface area contributed by atoms with Crippen molar-refractivity contribution in [2.45, 2.75) is 37.9 Å². The van der Waals surface area contributed by atoms with Crippen LogP contribution in [-0.4, -0.2) is 36.9 Å². The summed E-state index contributed by atoms with van der Waals surface area (Å²) >= 11 is 6.09. The molecule has 0 spiro atoms. The highest BCUT2D eigenvalue weighted by molar-refractivity contribution is 6.33. The molecule has 0 aromatic carbocycles. The number of alkyl halides is 3. The Hall–Kier alpha value is -2.03. The largest absolute Gasteiger partial charge is 0.435 e. The van der Waals surface area contributed by atoms with Gasteiger partial charge in [-0.1, -0.05) is 24.4 Å². The molecule has 142 valence electrons. The number of carbonyl (C=O) groups excluding carboxylic acids is 1. The number of amides is 1. The molecule has 3 rings (SSSR count). The predicted molar refractivity (Wildman–Crippen MR) is 88.7 cm³/mol. The standard InChI is InChI=1S/C16H19ClF3N5O/c1-23-9-10(17)14(22-23)15(26)25-7-5-3-4-6-11(25)12-8-13(16(18,19)20)21-24(12)2/h8-9,11H,3-7H2,1-2H3/t11-/m1/s1. The summed E-state index contributed by atoms with van der Waals surface area (Å²) in [7, 11) is 3.12. The monoisotopic (exact) mass is 389 g/mol. The molecular formula is C16H19ClF3N5O. The first-order valence-electron chi connectivity index (χ1n) is 8.29. The molecule has 3 heterocycles. The fraction of sp³-hybridized carbons (Fsp3) is 0.562. The number of hydrogen-bond acceptors (Lipinski definition) is 3. The summed E-state index contributed by atoms with van der Waals surface area (Å²) in [5.41, 5.74) is -0.485. The molecule has 1 atom stereocenters. The summed E-state index contributed by atoms with van der Waals surface area (Å²) in [5.74, 6) is -0.378.